The minimum absolute atomic E-state index is 0.905. The molecule has 0 nitrogen and oxygen atoms in total. The Kier molecular flexibility index (Phi) is 3.84. The molecule has 4 heteroatoms. The van der Waals surface area contributed by atoms with Crippen LogP contribution in [0.2, 0.25) is 0 Å². The van der Waals surface area contributed by atoms with Crippen LogP contribution >= 0.6 is 39.9 Å². The molecule has 0 aromatic rings. The first kappa shape index (κ1) is 11.0. The average Bonchev–Trinajstić information content (AvgIpc) is 2.54. The Bertz CT molecular complexity index is 180. The van der Waals surface area contributed by atoms with Gasteiger partial charge >= 0.3 is 0 Å². The van der Waals surface area contributed by atoms with Crippen LogP contribution in [0.15, 0.2) is 0 Å². The molecule has 2 aliphatic rings. The fourth-order valence-corrected chi connectivity index (χ4v) is 14.7. The van der Waals surface area contributed by atoms with Gasteiger partial charge in [0.2, 0.25) is 0 Å². The standard InChI is InChI=1S/C9H18PS3/c1-8-3-2-4-9(7-8)10(11)12-5-6-13-10/h8-9,11H,2-7H2,1H3/q+1. The fourth-order valence-electron chi connectivity index (χ4n) is 2.28. The van der Waals surface area contributed by atoms with Gasteiger partial charge in [0, 0.05) is 46.5 Å². The van der Waals surface area contributed by atoms with E-state index in [2.05, 4.69) is 29.7 Å². The van der Waals surface area contributed by atoms with Crippen LogP contribution in [0.25, 0.3) is 0 Å². The second-order valence-corrected chi connectivity index (χ2v) is 16.6. The van der Waals surface area contributed by atoms with Crippen LogP contribution in [0.1, 0.15) is 32.6 Å². The maximum absolute atomic E-state index is 5.00. The van der Waals surface area contributed by atoms with Crippen LogP contribution in [0, 0.1) is 5.92 Å². The molecule has 1 saturated carbocycles. The van der Waals surface area contributed by atoms with Gasteiger partial charge in [0.15, 0.2) is 4.87 Å². The molecular weight excluding hydrogens is 235 g/mol. The predicted octanol–water partition coefficient (Wildman–Crippen LogP) is 4.74. The molecule has 1 heterocycles. The smallest absolute Gasteiger partial charge is 0.0624 e. The largest absolute Gasteiger partial charge is 0.190 e. The Morgan fingerprint density at radius 1 is 1.23 bits per heavy atom. The van der Waals surface area contributed by atoms with Gasteiger partial charge in [-0.1, -0.05) is 13.3 Å². The van der Waals surface area contributed by atoms with E-state index in [-0.39, 0.29) is 0 Å². The first-order valence-corrected chi connectivity index (χ1v) is 11.3. The van der Waals surface area contributed by atoms with E-state index in [4.69, 9.17) is 12.2 Å². The molecule has 0 bridgehead atoms. The summed E-state index contributed by atoms with van der Waals surface area (Å²) in [6.07, 6.45) is 5.83. The molecule has 2 rings (SSSR count). The van der Waals surface area contributed by atoms with Gasteiger partial charge in [-0.05, 0) is 25.2 Å². The summed E-state index contributed by atoms with van der Waals surface area (Å²) in [7, 11) is 0. The van der Waals surface area contributed by atoms with Gasteiger partial charge < -0.3 is 0 Å². The molecule has 0 N–H and O–H groups in total. The van der Waals surface area contributed by atoms with Crippen molar-refractivity contribution in [3.05, 3.63) is 0 Å². The first-order chi connectivity index (χ1) is 6.21. The van der Waals surface area contributed by atoms with Crippen molar-refractivity contribution in [2.45, 2.75) is 38.3 Å². The van der Waals surface area contributed by atoms with Crippen molar-refractivity contribution in [1.29, 1.82) is 0 Å². The van der Waals surface area contributed by atoms with Crippen LogP contribution in [-0.4, -0.2) is 17.2 Å². The van der Waals surface area contributed by atoms with Crippen LogP contribution in [0.4, 0.5) is 0 Å². The zero-order chi connectivity index (χ0) is 9.31. The lowest BCUT2D eigenvalue weighted by atomic mass is 9.91. The molecule has 0 aromatic heterocycles. The number of hydrogen-bond acceptors (Lipinski definition) is 3. The molecule has 0 amide bonds. The molecule has 1 aliphatic carbocycles. The lowest BCUT2D eigenvalue weighted by Crippen LogP contribution is -2.16. The topological polar surface area (TPSA) is 0 Å². The molecule has 13 heavy (non-hydrogen) atoms. The zero-order valence-electron chi connectivity index (χ0n) is 8.11. The van der Waals surface area contributed by atoms with Crippen molar-refractivity contribution < 1.29 is 0 Å². The normalized spacial score (nSPS) is 39.2. The van der Waals surface area contributed by atoms with Gasteiger partial charge in [0.1, 0.15) is 5.66 Å². The highest BCUT2D eigenvalue weighted by Gasteiger charge is 2.50. The summed E-state index contributed by atoms with van der Waals surface area (Å²) in [6, 6.07) is 0. The summed E-state index contributed by atoms with van der Waals surface area (Å²) >= 11 is 9.38. The highest BCUT2D eigenvalue weighted by Crippen LogP contribution is 2.90. The van der Waals surface area contributed by atoms with Gasteiger partial charge in [0.25, 0.3) is 0 Å². The first-order valence-electron chi connectivity index (χ1n) is 5.11. The maximum atomic E-state index is 5.00. The van der Waals surface area contributed by atoms with E-state index in [9.17, 15) is 0 Å². The molecule has 0 radical (unpaired) electrons. The highest BCUT2D eigenvalue weighted by atomic mass is 33.4. The number of rotatable bonds is 1. The van der Waals surface area contributed by atoms with E-state index in [1.54, 1.807) is 0 Å². The summed E-state index contributed by atoms with van der Waals surface area (Å²) in [5.74, 6) is 3.67. The SMILES string of the molecule is CC1CCCC([P+]2(S)SCCS2)C1. The monoisotopic (exact) mass is 253 g/mol. The van der Waals surface area contributed by atoms with Crippen molar-refractivity contribution in [3.8, 4) is 0 Å². The highest BCUT2D eigenvalue weighted by molar-refractivity contribution is 9.16. The van der Waals surface area contributed by atoms with Crippen molar-refractivity contribution in [2.24, 2.45) is 5.92 Å². The molecular formula is C9H18PS3+. The molecule has 0 aromatic carbocycles. The molecule has 0 spiro atoms. The van der Waals surface area contributed by atoms with Crippen molar-refractivity contribution in [2.75, 3.05) is 11.5 Å². The minimum atomic E-state index is -0.905. The lowest BCUT2D eigenvalue weighted by Gasteiger charge is -2.29. The van der Waals surface area contributed by atoms with Gasteiger partial charge in [0.05, 0.1) is 0 Å². The second kappa shape index (κ2) is 4.55. The van der Waals surface area contributed by atoms with Gasteiger partial charge in [-0.25, -0.2) is 0 Å². The van der Waals surface area contributed by atoms with E-state index in [0.717, 1.165) is 11.6 Å². The van der Waals surface area contributed by atoms with Gasteiger partial charge in [-0.3, -0.25) is 0 Å². The Hall–Kier alpha value is 1.48. The third-order valence-electron chi connectivity index (χ3n) is 3.01. The summed E-state index contributed by atoms with van der Waals surface area (Å²) in [5, 5.41) is 0. The summed E-state index contributed by atoms with van der Waals surface area (Å²) in [4.78, 5) is -0.905. The van der Waals surface area contributed by atoms with Crippen LogP contribution in [0.5, 0.6) is 0 Å². The van der Waals surface area contributed by atoms with Crippen molar-refractivity contribution >= 4 is 39.9 Å². The average molecular weight is 253 g/mol. The number of thiol groups is 1. The quantitative estimate of drug-likeness (QED) is 0.529. The lowest BCUT2D eigenvalue weighted by molar-refractivity contribution is 0.393. The Balaban J connectivity index is 1.98. The van der Waals surface area contributed by atoms with Crippen LogP contribution in [0.3, 0.4) is 0 Å². The summed E-state index contributed by atoms with van der Waals surface area (Å²) in [5.41, 5.74) is 0.970. The third kappa shape index (κ3) is 2.53. The Labute approximate surface area is 95.4 Å². The summed E-state index contributed by atoms with van der Waals surface area (Å²) in [6.45, 7) is 2.41. The van der Waals surface area contributed by atoms with Gasteiger partial charge in [-0.2, -0.15) is 0 Å². The molecule has 1 aliphatic heterocycles. The fraction of sp³-hybridized carbons (Fsp3) is 1.00. The third-order valence-corrected chi connectivity index (χ3v) is 16.2. The molecule has 2 unspecified atom stereocenters. The van der Waals surface area contributed by atoms with Crippen molar-refractivity contribution in [3.63, 3.8) is 0 Å². The minimum Gasteiger partial charge on any atom is -0.0624 e. The molecule has 2 fully saturated rings. The Morgan fingerprint density at radius 3 is 2.54 bits per heavy atom. The summed E-state index contributed by atoms with van der Waals surface area (Å²) < 4.78 is 0. The maximum Gasteiger partial charge on any atom is 0.190 e. The van der Waals surface area contributed by atoms with Crippen LogP contribution in [-0.2, 0) is 0 Å². The molecule has 2 atom stereocenters. The van der Waals surface area contributed by atoms with E-state index in [1.807, 2.05) is 0 Å². The van der Waals surface area contributed by atoms with Crippen molar-refractivity contribution in [1.82, 2.24) is 0 Å². The molecule has 1 saturated heterocycles. The van der Waals surface area contributed by atoms with Crippen LogP contribution < -0.4 is 0 Å². The second-order valence-electron chi connectivity index (χ2n) is 4.16. The molecule has 76 valence electrons. The zero-order valence-corrected chi connectivity index (χ0v) is 11.5. The predicted molar refractivity (Wildman–Crippen MR) is 72.2 cm³/mol. The van der Waals surface area contributed by atoms with E-state index in [0.29, 0.717) is 0 Å². The van der Waals surface area contributed by atoms with E-state index < -0.39 is 4.87 Å². The van der Waals surface area contributed by atoms with E-state index in [1.165, 1.54) is 37.2 Å². The van der Waals surface area contributed by atoms with Gasteiger partial charge in [-0.15, -0.1) is 0 Å². The number of hydrogen-bond donors (Lipinski definition) is 1. The van der Waals surface area contributed by atoms with E-state index >= 15 is 0 Å². The Morgan fingerprint density at radius 2 is 1.92 bits per heavy atom.